The minimum atomic E-state index is 0.0900. The molecule has 0 saturated carbocycles. The smallest absolute Gasteiger partial charge is 0.328 e. The molecule has 0 amide bonds. The van der Waals surface area contributed by atoms with Crippen molar-refractivity contribution in [3.63, 3.8) is 0 Å². The Morgan fingerprint density at radius 1 is 0.469 bits per heavy atom. The molecule has 1 aliphatic rings. The molecular weight excluding hydrogens is 385 g/mol. The maximum atomic E-state index is 2.49. The van der Waals surface area contributed by atoms with E-state index < -0.39 is 0 Å². The summed E-state index contributed by atoms with van der Waals surface area (Å²) in [5, 5.41) is 0. The van der Waals surface area contributed by atoms with Gasteiger partial charge in [0, 0.05) is 16.9 Å². The summed E-state index contributed by atoms with van der Waals surface area (Å²) in [6, 6.07) is 47.9. The predicted octanol–water partition coefficient (Wildman–Crippen LogP) is 6.28. The Labute approximate surface area is 189 Å². The second-order valence-electron chi connectivity index (χ2n) is 8.17. The van der Waals surface area contributed by atoms with Gasteiger partial charge in [0.1, 0.15) is 0 Å². The summed E-state index contributed by atoms with van der Waals surface area (Å²) < 4.78 is 0. The molecule has 0 atom stereocenters. The highest BCUT2D eigenvalue weighted by Gasteiger charge is 2.37. The summed E-state index contributed by atoms with van der Waals surface area (Å²) in [4.78, 5) is 2.49. The monoisotopic (exact) mass is 407 g/mol. The lowest BCUT2D eigenvalue weighted by Gasteiger charge is -2.39. The molecule has 32 heavy (non-hydrogen) atoms. The van der Waals surface area contributed by atoms with Crippen LogP contribution in [0.5, 0.6) is 0 Å². The SMILES string of the molecule is c1ccc(B2c3cccc(-c4ccccc4)c3-c3ccccc3N2c2ccccc2)cc1. The molecule has 1 aliphatic heterocycles. The summed E-state index contributed by atoms with van der Waals surface area (Å²) in [6.45, 7) is 0.0900. The standard InChI is InChI=1S/C30H22BN/c1-4-13-23(14-5-1)26-20-12-21-28-30(26)27-19-10-11-22-29(27)32(25-17-8-3-9-18-25)31(28)24-15-6-2-7-16-24/h1-22H. The molecule has 0 spiro atoms. The van der Waals surface area contributed by atoms with Gasteiger partial charge in [0.2, 0.25) is 0 Å². The Kier molecular flexibility index (Phi) is 4.62. The van der Waals surface area contributed by atoms with Crippen LogP contribution in [0.2, 0.25) is 0 Å². The van der Waals surface area contributed by atoms with Gasteiger partial charge in [-0.25, -0.2) is 0 Å². The van der Waals surface area contributed by atoms with Gasteiger partial charge in [-0.15, -0.1) is 0 Å². The van der Waals surface area contributed by atoms with Crippen molar-refractivity contribution in [2.24, 2.45) is 0 Å². The second-order valence-corrected chi connectivity index (χ2v) is 8.17. The first-order chi connectivity index (χ1) is 15.9. The molecule has 6 rings (SSSR count). The Morgan fingerprint density at radius 3 is 1.81 bits per heavy atom. The Bertz CT molecular complexity index is 1360. The van der Waals surface area contributed by atoms with Crippen LogP contribution in [0.1, 0.15) is 0 Å². The first-order valence-corrected chi connectivity index (χ1v) is 11.1. The molecule has 150 valence electrons. The van der Waals surface area contributed by atoms with E-state index in [4.69, 9.17) is 0 Å². The quantitative estimate of drug-likeness (QED) is 0.318. The third-order valence-electron chi connectivity index (χ3n) is 6.32. The molecular formula is C30H22BN. The van der Waals surface area contributed by atoms with Gasteiger partial charge in [0.15, 0.2) is 0 Å². The lowest BCUT2D eigenvalue weighted by atomic mass is 9.45. The zero-order chi connectivity index (χ0) is 21.3. The summed E-state index contributed by atoms with van der Waals surface area (Å²) in [6.07, 6.45) is 0. The molecule has 0 bridgehead atoms. The third-order valence-corrected chi connectivity index (χ3v) is 6.32. The molecule has 0 unspecified atom stereocenters. The number of rotatable bonds is 3. The van der Waals surface area contributed by atoms with Crippen LogP contribution in [-0.2, 0) is 0 Å². The Morgan fingerprint density at radius 2 is 1.06 bits per heavy atom. The van der Waals surface area contributed by atoms with E-state index in [0.717, 1.165) is 0 Å². The number of nitrogens with zero attached hydrogens (tertiary/aromatic N) is 1. The maximum Gasteiger partial charge on any atom is 0.328 e. The van der Waals surface area contributed by atoms with E-state index >= 15 is 0 Å². The van der Waals surface area contributed by atoms with Crippen molar-refractivity contribution >= 4 is 29.1 Å². The number of benzene rings is 5. The lowest BCUT2D eigenvalue weighted by molar-refractivity contribution is 1.36. The Balaban J connectivity index is 1.69. The van der Waals surface area contributed by atoms with Crippen LogP contribution in [0.25, 0.3) is 22.3 Å². The average Bonchev–Trinajstić information content (AvgIpc) is 2.89. The molecule has 0 aliphatic carbocycles. The molecule has 0 radical (unpaired) electrons. The zero-order valence-corrected chi connectivity index (χ0v) is 17.7. The van der Waals surface area contributed by atoms with Crippen LogP contribution in [0.4, 0.5) is 11.4 Å². The largest absolute Gasteiger partial charge is 0.376 e. The van der Waals surface area contributed by atoms with E-state index in [0.29, 0.717) is 0 Å². The highest BCUT2D eigenvalue weighted by atomic mass is 15.1. The molecule has 0 saturated heterocycles. The van der Waals surface area contributed by atoms with E-state index in [-0.39, 0.29) is 6.85 Å². The first kappa shape index (κ1) is 18.7. The van der Waals surface area contributed by atoms with Crippen molar-refractivity contribution in [1.29, 1.82) is 0 Å². The fourth-order valence-electron chi connectivity index (χ4n) is 4.97. The van der Waals surface area contributed by atoms with Crippen LogP contribution in [-0.4, -0.2) is 6.85 Å². The summed E-state index contributed by atoms with van der Waals surface area (Å²) in [7, 11) is 0. The Hall–Kier alpha value is -4.04. The molecule has 1 heterocycles. The predicted molar refractivity (Wildman–Crippen MR) is 137 cm³/mol. The van der Waals surface area contributed by atoms with Gasteiger partial charge in [0.25, 0.3) is 0 Å². The second kappa shape index (κ2) is 7.90. The lowest BCUT2D eigenvalue weighted by Crippen LogP contribution is -2.57. The van der Waals surface area contributed by atoms with E-state index in [1.807, 2.05) is 0 Å². The van der Waals surface area contributed by atoms with Crippen molar-refractivity contribution < 1.29 is 0 Å². The number of anilines is 2. The highest BCUT2D eigenvalue weighted by molar-refractivity contribution is 6.91. The molecule has 0 aromatic heterocycles. The molecule has 5 aromatic rings. The van der Waals surface area contributed by atoms with E-state index in [9.17, 15) is 0 Å². The van der Waals surface area contributed by atoms with Crippen molar-refractivity contribution in [2.75, 3.05) is 4.81 Å². The summed E-state index contributed by atoms with van der Waals surface area (Å²) >= 11 is 0. The van der Waals surface area contributed by atoms with Gasteiger partial charge in [0.05, 0.1) is 0 Å². The minimum Gasteiger partial charge on any atom is -0.376 e. The van der Waals surface area contributed by atoms with Gasteiger partial charge in [-0.2, -0.15) is 0 Å². The van der Waals surface area contributed by atoms with Crippen molar-refractivity contribution in [1.82, 2.24) is 0 Å². The van der Waals surface area contributed by atoms with Gasteiger partial charge in [-0.05, 0) is 40.4 Å². The summed E-state index contributed by atoms with van der Waals surface area (Å²) in [5.41, 5.74) is 10.2. The van der Waals surface area contributed by atoms with E-state index in [2.05, 4.69) is 138 Å². The van der Waals surface area contributed by atoms with Crippen LogP contribution in [0.15, 0.2) is 133 Å². The normalized spacial score (nSPS) is 12.2. The first-order valence-electron chi connectivity index (χ1n) is 11.1. The number of hydrogen-bond donors (Lipinski definition) is 0. The molecule has 2 heteroatoms. The highest BCUT2D eigenvalue weighted by Crippen LogP contribution is 2.43. The summed E-state index contributed by atoms with van der Waals surface area (Å²) in [5.74, 6) is 0. The van der Waals surface area contributed by atoms with E-state index in [1.54, 1.807) is 0 Å². The van der Waals surface area contributed by atoms with Crippen LogP contribution in [0.3, 0.4) is 0 Å². The number of fused-ring (bicyclic) bond motifs is 3. The fraction of sp³-hybridized carbons (Fsp3) is 0. The maximum absolute atomic E-state index is 2.49. The zero-order valence-electron chi connectivity index (χ0n) is 17.7. The van der Waals surface area contributed by atoms with Crippen LogP contribution < -0.4 is 15.7 Å². The minimum absolute atomic E-state index is 0.0900. The number of para-hydroxylation sites is 2. The van der Waals surface area contributed by atoms with Crippen molar-refractivity contribution in [2.45, 2.75) is 0 Å². The topological polar surface area (TPSA) is 3.24 Å². The van der Waals surface area contributed by atoms with Crippen LogP contribution >= 0.6 is 0 Å². The van der Waals surface area contributed by atoms with Crippen molar-refractivity contribution in [3.8, 4) is 22.3 Å². The number of hydrogen-bond acceptors (Lipinski definition) is 1. The molecule has 0 fully saturated rings. The molecule has 1 nitrogen and oxygen atoms in total. The van der Waals surface area contributed by atoms with Gasteiger partial charge in [-0.1, -0.05) is 121 Å². The molecule has 5 aromatic carbocycles. The third kappa shape index (κ3) is 3.04. The fourth-order valence-corrected chi connectivity index (χ4v) is 4.97. The molecule has 0 N–H and O–H groups in total. The average molecular weight is 407 g/mol. The van der Waals surface area contributed by atoms with Crippen LogP contribution in [0, 0.1) is 0 Å². The van der Waals surface area contributed by atoms with Gasteiger partial charge >= 0.3 is 6.85 Å². The van der Waals surface area contributed by atoms with Gasteiger partial charge in [-0.3, -0.25) is 0 Å². The van der Waals surface area contributed by atoms with E-state index in [1.165, 1.54) is 44.6 Å². The van der Waals surface area contributed by atoms with Crippen molar-refractivity contribution in [3.05, 3.63) is 133 Å². The van der Waals surface area contributed by atoms with Gasteiger partial charge < -0.3 is 4.81 Å².